The SMILES string of the molecule is CC(NCC(=O)N(C)C)c1ccc(I)cc1. The third-order valence-electron chi connectivity index (χ3n) is 2.43. The largest absolute Gasteiger partial charge is 0.348 e. The Morgan fingerprint density at radius 1 is 1.38 bits per heavy atom. The van der Waals surface area contributed by atoms with Crippen molar-refractivity contribution in [1.29, 1.82) is 0 Å². The Kier molecular flexibility index (Phi) is 5.21. The van der Waals surface area contributed by atoms with Crippen molar-refractivity contribution in [3.8, 4) is 0 Å². The van der Waals surface area contributed by atoms with Gasteiger partial charge in [-0.2, -0.15) is 0 Å². The molecule has 4 heteroatoms. The topological polar surface area (TPSA) is 32.3 Å². The number of amides is 1. The maximum Gasteiger partial charge on any atom is 0.236 e. The molecule has 0 saturated heterocycles. The van der Waals surface area contributed by atoms with Crippen molar-refractivity contribution < 1.29 is 4.79 Å². The first-order valence-electron chi connectivity index (χ1n) is 5.19. The lowest BCUT2D eigenvalue weighted by atomic mass is 10.1. The van der Waals surface area contributed by atoms with E-state index in [2.05, 4.69) is 59.1 Å². The molecule has 0 aliphatic rings. The van der Waals surface area contributed by atoms with Gasteiger partial charge in [-0.25, -0.2) is 0 Å². The summed E-state index contributed by atoms with van der Waals surface area (Å²) in [5.41, 5.74) is 1.20. The number of rotatable bonds is 4. The minimum Gasteiger partial charge on any atom is -0.348 e. The number of nitrogens with zero attached hydrogens (tertiary/aromatic N) is 1. The summed E-state index contributed by atoms with van der Waals surface area (Å²) in [6, 6.07) is 8.50. The van der Waals surface area contributed by atoms with Crippen LogP contribution in [0.4, 0.5) is 0 Å². The zero-order valence-electron chi connectivity index (χ0n) is 9.83. The maximum atomic E-state index is 11.4. The van der Waals surface area contributed by atoms with Gasteiger partial charge in [-0.15, -0.1) is 0 Å². The van der Waals surface area contributed by atoms with Crippen LogP contribution >= 0.6 is 22.6 Å². The molecule has 0 aromatic heterocycles. The third kappa shape index (κ3) is 4.09. The van der Waals surface area contributed by atoms with Crippen LogP contribution in [0.3, 0.4) is 0 Å². The molecular formula is C12H17IN2O. The summed E-state index contributed by atoms with van der Waals surface area (Å²) in [7, 11) is 3.53. The molecule has 0 radical (unpaired) electrons. The predicted molar refractivity (Wildman–Crippen MR) is 74.3 cm³/mol. The standard InChI is InChI=1S/C12H17IN2O/c1-9(14-8-12(16)15(2)3)10-4-6-11(13)7-5-10/h4-7,9,14H,8H2,1-3H3. The highest BCUT2D eigenvalue weighted by atomic mass is 127. The number of likely N-dealkylation sites (N-methyl/N-ethyl adjacent to an activating group) is 1. The molecule has 1 aromatic carbocycles. The van der Waals surface area contributed by atoms with Crippen LogP contribution in [-0.4, -0.2) is 31.4 Å². The van der Waals surface area contributed by atoms with Crippen LogP contribution in [0, 0.1) is 3.57 Å². The van der Waals surface area contributed by atoms with Gasteiger partial charge in [-0.3, -0.25) is 4.79 Å². The van der Waals surface area contributed by atoms with Gasteiger partial charge in [0.15, 0.2) is 0 Å². The smallest absolute Gasteiger partial charge is 0.236 e. The van der Waals surface area contributed by atoms with Gasteiger partial charge in [0, 0.05) is 23.7 Å². The first kappa shape index (κ1) is 13.4. The maximum absolute atomic E-state index is 11.4. The Morgan fingerprint density at radius 3 is 2.44 bits per heavy atom. The van der Waals surface area contributed by atoms with Crippen LogP contribution in [0.25, 0.3) is 0 Å². The van der Waals surface area contributed by atoms with Crippen molar-refractivity contribution in [3.05, 3.63) is 33.4 Å². The van der Waals surface area contributed by atoms with Gasteiger partial charge in [0.2, 0.25) is 5.91 Å². The fraction of sp³-hybridized carbons (Fsp3) is 0.417. The Morgan fingerprint density at radius 2 is 1.94 bits per heavy atom. The number of hydrogen-bond acceptors (Lipinski definition) is 2. The van der Waals surface area contributed by atoms with E-state index in [1.165, 1.54) is 9.13 Å². The molecule has 0 aliphatic heterocycles. The highest BCUT2D eigenvalue weighted by molar-refractivity contribution is 14.1. The summed E-state index contributed by atoms with van der Waals surface area (Å²) in [5, 5.41) is 3.21. The van der Waals surface area contributed by atoms with Crippen LogP contribution in [0.5, 0.6) is 0 Å². The zero-order valence-corrected chi connectivity index (χ0v) is 12.0. The van der Waals surface area contributed by atoms with Gasteiger partial charge in [0.1, 0.15) is 0 Å². The Bertz CT molecular complexity index is 349. The van der Waals surface area contributed by atoms with Gasteiger partial charge >= 0.3 is 0 Å². The van der Waals surface area contributed by atoms with Crippen molar-refractivity contribution in [2.45, 2.75) is 13.0 Å². The average Bonchev–Trinajstić information content (AvgIpc) is 2.26. The quantitative estimate of drug-likeness (QED) is 0.856. The second-order valence-corrected chi connectivity index (χ2v) is 5.19. The summed E-state index contributed by atoms with van der Waals surface area (Å²) in [4.78, 5) is 13.0. The van der Waals surface area contributed by atoms with E-state index in [9.17, 15) is 4.79 Å². The van der Waals surface area contributed by atoms with Crippen LogP contribution < -0.4 is 5.32 Å². The second-order valence-electron chi connectivity index (χ2n) is 3.94. The molecule has 1 unspecified atom stereocenters. The fourth-order valence-electron chi connectivity index (χ4n) is 1.27. The number of carbonyl (C=O) groups is 1. The number of carbonyl (C=O) groups excluding carboxylic acids is 1. The molecule has 1 amide bonds. The van der Waals surface area contributed by atoms with Crippen molar-refractivity contribution in [1.82, 2.24) is 10.2 Å². The van der Waals surface area contributed by atoms with Gasteiger partial charge in [-0.1, -0.05) is 12.1 Å². The van der Waals surface area contributed by atoms with E-state index < -0.39 is 0 Å². The first-order valence-corrected chi connectivity index (χ1v) is 6.27. The van der Waals surface area contributed by atoms with E-state index in [4.69, 9.17) is 0 Å². The Hall–Kier alpha value is -0.620. The molecule has 0 heterocycles. The molecule has 1 aromatic rings. The molecule has 0 fully saturated rings. The number of benzene rings is 1. The Labute approximate surface area is 110 Å². The molecule has 1 rings (SSSR count). The summed E-state index contributed by atoms with van der Waals surface area (Å²) in [6.07, 6.45) is 0. The van der Waals surface area contributed by atoms with Crippen molar-refractivity contribution in [3.63, 3.8) is 0 Å². The lowest BCUT2D eigenvalue weighted by molar-refractivity contribution is -0.127. The van der Waals surface area contributed by atoms with Crippen molar-refractivity contribution >= 4 is 28.5 Å². The number of nitrogens with one attached hydrogen (secondary N) is 1. The molecule has 0 aliphatic carbocycles. The summed E-state index contributed by atoms with van der Waals surface area (Å²) < 4.78 is 1.22. The number of halogens is 1. The second kappa shape index (κ2) is 6.20. The third-order valence-corrected chi connectivity index (χ3v) is 3.15. The monoisotopic (exact) mass is 332 g/mol. The molecule has 16 heavy (non-hydrogen) atoms. The number of hydrogen-bond donors (Lipinski definition) is 1. The summed E-state index contributed by atoms with van der Waals surface area (Å²) >= 11 is 2.28. The van der Waals surface area contributed by atoms with E-state index >= 15 is 0 Å². The average molecular weight is 332 g/mol. The molecule has 0 saturated carbocycles. The van der Waals surface area contributed by atoms with E-state index in [1.54, 1.807) is 19.0 Å². The molecule has 1 atom stereocenters. The minimum atomic E-state index is 0.0948. The van der Waals surface area contributed by atoms with E-state index in [1.807, 2.05) is 0 Å². The van der Waals surface area contributed by atoms with Gasteiger partial charge in [0.05, 0.1) is 6.54 Å². The molecule has 0 bridgehead atoms. The highest BCUT2D eigenvalue weighted by Gasteiger charge is 2.08. The molecular weight excluding hydrogens is 315 g/mol. The first-order chi connectivity index (χ1) is 7.50. The van der Waals surface area contributed by atoms with Gasteiger partial charge in [0.25, 0.3) is 0 Å². The van der Waals surface area contributed by atoms with Crippen molar-refractivity contribution in [2.24, 2.45) is 0 Å². The summed E-state index contributed by atoms with van der Waals surface area (Å²) in [6.45, 7) is 2.44. The molecule has 3 nitrogen and oxygen atoms in total. The predicted octanol–water partition coefficient (Wildman–Crippen LogP) is 2.03. The molecule has 1 N–H and O–H groups in total. The molecule has 88 valence electrons. The van der Waals surface area contributed by atoms with Crippen molar-refractivity contribution in [2.75, 3.05) is 20.6 Å². The lowest BCUT2D eigenvalue weighted by Gasteiger charge is -2.16. The van der Waals surface area contributed by atoms with Crippen LogP contribution in [0.2, 0.25) is 0 Å². The van der Waals surface area contributed by atoms with E-state index in [0.717, 1.165) is 0 Å². The zero-order chi connectivity index (χ0) is 12.1. The Balaban J connectivity index is 2.49. The minimum absolute atomic E-state index is 0.0948. The normalized spacial score (nSPS) is 12.2. The molecule has 0 spiro atoms. The lowest BCUT2D eigenvalue weighted by Crippen LogP contribution is -2.34. The van der Waals surface area contributed by atoms with E-state index in [-0.39, 0.29) is 11.9 Å². The highest BCUT2D eigenvalue weighted by Crippen LogP contribution is 2.14. The van der Waals surface area contributed by atoms with E-state index in [0.29, 0.717) is 6.54 Å². The van der Waals surface area contributed by atoms with Crippen LogP contribution in [-0.2, 0) is 4.79 Å². The fourth-order valence-corrected chi connectivity index (χ4v) is 1.63. The van der Waals surface area contributed by atoms with Gasteiger partial charge < -0.3 is 10.2 Å². The summed E-state index contributed by atoms with van der Waals surface area (Å²) in [5.74, 6) is 0.0948. The van der Waals surface area contributed by atoms with Gasteiger partial charge in [-0.05, 0) is 47.2 Å². The van der Waals surface area contributed by atoms with Crippen LogP contribution in [0.1, 0.15) is 18.5 Å². The van der Waals surface area contributed by atoms with Crippen LogP contribution in [0.15, 0.2) is 24.3 Å².